The number of alkyl halides is 2. The van der Waals surface area contributed by atoms with Crippen LogP contribution in [0.1, 0.15) is 23.2 Å². The molecule has 1 aliphatic rings. The summed E-state index contributed by atoms with van der Waals surface area (Å²) in [6, 6.07) is 11.7. The molecule has 1 atom stereocenters. The third-order valence-corrected chi connectivity index (χ3v) is 5.29. The lowest BCUT2D eigenvalue weighted by Crippen LogP contribution is -2.52. The summed E-state index contributed by atoms with van der Waals surface area (Å²) in [5.41, 5.74) is 0.992. The van der Waals surface area contributed by atoms with Gasteiger partial charge in [0.05, 0.1) is 22.1 Å². The number of carbonyl (C=O) groups excluding carboxylic acids is 1. The number of likely N-dealkylation sites (tertiary alicyclic amines) is 1. The van der Waals surface area contributed by atoms with Gasteiger partial charge < -0.3 is 10.2 Å². The standard InChI is InChI=1S/C21H19ClF2N4O/c22-15-6-7-18(26-12-15)27-13-16-11-21(23,24)8-10-28(16)20(29)17-5-1-3-14-4-2-9-25-19(14)17/h1-7,9,12,16H,8,10-11,13H2,(H,26,27)/t16-/m0/s1. The van der Waals surface area contributed by atoms with Crippen molar-refractivity contribution in [2.24, 2.45) is 0 Å². The lowest BCUT2D eigenvalue weighted by Gasteiger charge is -2.39. The number of carbonyl (C=O) groups is 1. The monoisotopic (exact) mass is 416 g/mol. The number of hydrogen-bond donors (Lipinski definition) is 1. The second kappa shape index (κ2) is 7.91. The molecule has 1 amide bonds. The van der Waals surface area contributed by atoms with E-state index in [1.54, 1.807) is 36.5 Å². The highest BCUT2D eigenvalue weighted by molar-refractivity contribution is 6.30. The molecular formula is C21H19ClF2N4O. The van der Waals surface area contributed by atoms with Gasteiger partial charge in [-0.2, -0.15) is 0 Å². The van der Waals surface area contributed by atoms with Crippen molar-refractivity contribution in [1.82, 2.24) is 14.9 Å². The van der Waals surface area contributed by atoms with Crippen molar-refractivity contribution in [1.29, 1.82) is 0 Å². The largest absolute Gasteiger partial charge is 0.368 e. The number of rotatable bonds is 4. The van der Waals surface area contributed by atoms with Crippen molar-refractivity contribution >= 4 is 34.2 Å². The van der Waals surface area contributed by atoms with E-state index >= 15 is 0 Å². The highest BCUT2D eigenvalue weighted by Gasteiger charge is 2.42. The van der Waals surface area contributed by atoms with Crippen molar-refractivity contribution < 1.29 is 13.6 Å². The van der Waals surface area contributed by atoms with Crippen LogP contribution >= 0.6 is 11.6 Å². The van der Waals surface area contributed by atoms with Gasteiger partial charge in [-0.25, -0.2) is 13.8 Å². The normalized spacial score (nSPS) is 18.6. The fourth-order valence-electron chi connectivity index (χ4n) is 3.61. The fraction of sp³-hybridized carbons (Fsp3) is 0.286. The maximum atomic E-state index is 14.1. The predicted molar refractivity (Wildman–Crippen MR) is 108 cm³/mol. The molecular weight excluding hydrogens is 398 g/mol. The van der Waals surface area contributed by atoms with Crippen molar-refractivity contribution in [3.8, 4) is 0 Å². The zero-order valence-electron chi connectivity index (χ0n) is 15.5. The van der Waals surface area contributed by atoms with Crippen molar-refractivity contribution in [3.63, 3.8) is 0 Å². The molecule has 3 aromatic rings. The molecule has 2 aromatic heterocycles. The topological polar surface area (TPSA) is 58.1 Å². The van der Waals surface area contributed by atoms with Gasteiger partial charge in [0.25, 0.3) is 11.8 Å². The Bertz CT molecular complexity index is 1020. The second-order valence-corrected chi connectivity index (χ2v) is 7.52. The van der Waals surface area contributed by atoms with Gasteiger partial charge in [0.15, 0.2) is 0 Å². The molecule has 29 heavy (non-hydrogen) atoms. The number of pyridine rings is 2. The summed E-state index contributed by atoms with van der Waals surface area (Å²) in [4.78, 5) is 23.2. The highest BCUT2D eigenvalue weighted by Crippen LogP contribution is 2.33. The summed E-state index contributed by atoms with van der Waals surface area (Å²) < 4.78 is 28.2. The summed E-state index contributed by atoms with van der Waals surface area (Å²) in [7, 11) is 0. The minimum absolute atomic E-state index is 0.0184. The van der Waals surface area contributed by atoms with E-state index in [0.29, 0.717) is 21.9 Å². The Morgan fingerprint density at radius 3 is 2.83 bits per heavy atom. The number of para-hydroxylation sites is 1. The molecule has 0 unspecified atom stereocenters. The summed E-state index contributed by atoms with van der Waals surface area (Å²) >= 11 is 5.83. The zero-order chi connectivity index (χ0) is 20.4. The minimum atomic E-state index is -2.81. The summed E-state index contributed by atoms with van der Waals surface area (Å²) in [5, 5.41) is 4.36. The number of fused-ring (bicyclic) bond motifs is 1. The Kier molecular flexibility index (Phi) is 5.32. The van der Waals surface area contributed by atoms with Gasteiger partial charge in [-0.15, -0.1) is 0 Å². The maximum absolute atomic E-state index is 14.1. The third-order valence-electron chi connectivity index (χ3n) is 5.06. The van der Waals surface area contributed by atoms with Crippen LogP contribution in [0.2, 0.25) is 5.02 Å². The summed E-state index contributed by atoms with van der Waals surface area (Å²) in [6.45, 7) is 0.142. The van der Waals surface area contributed by atoms with Crippen LogP contribution in [0.3, 0.4) is 0 Å². The van der Waals surface area contributed by atoms with Gasteiger partial charge in [0, 0.05) is 43.7 Å². The average molecular weight is 417 g/mol. The lowest BCUT2D eigenvalue weighted by molar-refractivity contribution is -0.0673. The first-order valence-electron chi connectivity index (χ1n) is 9.31. The van der Waals surface area contributed by atoms with E-state index < -0.39 is 18.4 Å². The molecule has 1 aliphatic heterocycles. The van der Waals surface area contributed by atoms with Crippen LogP contribution in [0.15, 0.2) is 54.9 Å². The number of halogens is 3. The number of nitrogens with zero attached hydrogens (tertiary/aromatic N) is 3. The molecule has 5 nitrogen and oxygen atoms in total. The highest BCUT2D eigenvalue weighted by atomic mass is 35.5. The molecule has 1 fully saturated rings. The predicted octanol–water partition coefficient (Wildman–Crippen LogP) is 4.64. The second-order valence-electron chi connectivity index (χ2n) is 7.09. The molecule has 150 valence electrons. The maximum Gasteiger partial charge on any atom is 0.256 e. The Balaban J connectivity index is 1.59. The van der Waals surface area contributed by atoms with Crippen LogP contribution in [0.5, 0.6) is 0 Å². The molecule has 4 rings (SSSR count). The van der Waals surface area contributed by atoms with Crippen molar-refractivity contribution in [2.75, 3.05) is 18.4 Å². The molecule has 0 bridgehead atoms. The number of hydrogen-bond acceptors (Lipinski definition) is 4. The molecule has 0 radical (unpaired) electrons. The molecule has 1 saturated heterocycles. The molecule has 8 heteroatoms. The molecule has 1 N–H and O–H groups in total. The van der Waals surface area contributed by atoms with Gasteiger partial charge in [0.1, 0.15) is 5.82 Å². The van der Waals surface area contributed by atoms with Crippen LogP contribution in [0.25, 0.3) is 10.9 Å². The van der Waals surface area contributed by atoms with E-state index in [2.05, 4.69) is 15.3 Å². The van der Waals surface area contributed by atoms with Crippen LogP contribution < -0.4 is 5.32 Å². The van der Waals surface area contributed by atoms with Crippen molar-refractivity contribution in [3.05, 3.63) is 65.4 Å². The Morgan fingerprint density at radius 2 is 2.03 bits per heavy atom. The van der Waals surface area contributed by atoms with Crippen LogP contribution in [0, 0.1) is 0 Å². The first kappa shape index (κ1) is 19.5. The first-order valence-corrected chi connectivity index (χ1v) is 9.69. The summed E-state index contributed by atoms with van der Waals surface area (Å²) in [6.07, 6.45) is 2.34. The van der Waals surface area contributed by atoms with Crippen LogP contribution in [-0.2, 0) is 0 Å². The molecule has 1 aromatic carbocycles. The SMILES string of the molecule is O=C(c1cccc2cccnc12)N1CCC(F)(F)C[C@H]1CNc1ccc(Cl)cn1. The van der Waals surface area contributed by atoms with Crippen LogP contribution in [-0.4, -0.2) is 45.8 Å². The number of amides is 1. The molecule has 0 aliphatic carbocycles. The fourth-order valence-corrected chi connectivity index (χ4v) is 3.72. The van der Waals surface area contributed by atoms with Gasteiger partial charge in [0.2, 0.25) is 0 Å². The van der Waals surface area contributed by atoms with Gasteiger partial charge in [-0.1, -0.05) is 29.8 Å². The first-order chi connectivity index (χ1) is 13.9. The van der Waals surface area contributed by atoms with E-state index in [0.717, 1.165) is 5.39 Å². The Morgan fingerprint density at radius 1 is 1.21 bits per heavy atom. The number of piperidine rings is 1. The summed E-state index contributed by atoms with van der Waals surface area (Å²) in [5.74, 6) is -2.59. The molecule has 0 saturated carbocycles. The van der Waals surface area contributed by atoms with E-state index in [4.69, 9.17) is 11.6 Å². The van der Waals surface area contributed by atoms with Gasteiger partial charge in [-0.05, 0) is 24.3 Å². The Labute approximate surface area is 171 Å². The zero-order valence-corrected chi connectivity index (χ0v) is 16.2. The quantitative estimate of drug-likeness (QED) is 0.673. The Hall–Kier alpha value is -2.80. The minimum Gasteiger partial charge on any atom is -0.368 e. The van der Waals surface area contributed by atoms with Gasteiger partial charge in [-0.3, -0.25) is 9.78 Å². The van der Waals surface area contributed by atoms with E-state index in [1.807, 2.05) is 12.1 Å². The lowest BCUT2D eigenvalue weighted by atomic mass is 9.96. The third kappa shape index (κ3) is 4.29. The number of anilines is 1. The molecule has 3 heterocycles. The molecule has 0 spiro atoms. The average Bonchev–Trinajstić information content (AvgIpc) is 2.72. The number of benzene rings is 1. The van der Waals surface area contributed by atoms with Crippen molar-refractivity contribution in [2.45, 2.75) is 24.8 Å². The van der Waals surface area contributed by atoms with Crippen LogP contribution in [0.4, 0.5) is 14.6 Å². The van der Waals surface area contributed by atoms with E-state index in [-0.39, 0.29) is 25.4 Å². The number of aromatic nitrogens is 2. The van der Waals surface area contributed by atoms with E-state index in [9.17, 15) is 13.6 Å². The van der Waals surface area contributed by atoms with E-state index in [1.165, 1.54) is 11.1 Å². The van der Waals surface area contributed by atoms with Gasteiger partial charge >= 0.3 is 0 Å². The number of nitrogens with one attached hydrogen (secondary N) is 1. The smallest absolute Gasteiger partial charge is 0.256 e.